The highest BCUT2D eigenvalue weighted by Gasteiger charge is 2.66. The van der Waals surface area contributed by atoms with Crippen LogP contribution in [-0.4, -0.2) is 57.3 Å². The molecule has 0 unspecified atom stereocenters. The summed E-state index contributed by atoms with van der Waals surface area (Å²) in [7, 11) is 4.57. The first kappa shape index (κ1) is 23.0. The first-order valence-electron chi connectivity index (χ1n) is 11.4. The molecule has 3 atom stereocenters. The number of fused-ring (bicyclic) bond motifs is 5. The van der Waals surface area contributed by atoms with E-state index in [1.54, 1.807) is 12.1 Å². The molecule has 0 aromatic heterocycles. The zero-order valence-corrected chi connectivity index (χ0v) is 21.3. The van der Waals surface area contributed by atoms with Gasteiger partial charge in [0.1, 0.15) is 11.5 Å². The third kappa shape index (κ3) is 3.09. The summed E-state index contributed by atoms with van der Waals surface area (Å²) in [6.07, 6.45) is 1.08. The number of hydrogen-bond acceptors (Lipinski definition) is 10. The van der Waals surface area contributed by atoms with E-state index >= 15 is 0 Å². The molecule has 6 rings (SSSR count). The molecule has 35 heavy (non-hydrogen) atoms. The van der Waals surface area contributed by atoms with Gasteiger partial charge in [-0.1, -0.05) is 0 Å². The normalized spacial score (nSPS) is 27.7. The average molecular weight is 519 g/mol. The van der Waals surface area contributed by atoms with Crippen molar-refractivity contribution >= 4 is 29.5 Å². The zero-order valence-electron chi connectivity index (χ0n) is 19.6. The van der Waals surface area contributed by atoms with Crippen LogP contribution in [0, 0.1) is 11.8 Å². The number of methoxy groups -OCH3 is 3. The van der Waals surface area contributed by atoms with Crippen molar-refractivity contribution in [2.75, 3.05) is 46.2 Å². The van der Waals surface area contributed by atoms with Gasteiger partial charge in [-0.25, -0.2) is 0 Å². The molecule has 0 radical (unpaired) electrons. The minimum absolute atomic E-state index is 0.114. The number of carbonyl (C=O) groups is 1. The Hall–Kier alpha value is -2.43. The highest BCUT2D eigenvalue weighted by molar-refractivity contribution is 8.18. The molecule has 0 amide bonds. The lowest BCUT2D eigenvalue weighted by Crippen LogP contribution is -2.53. The van der Waals surface area contributed by atoms with Crippen molar-refractivity contribution in [2.24, 2.45) is 11.8 Å². The molecular formula is C25H26O8S2. The van der Waals surface area contributed by atoms with E-state index in [4.69, 9.17) is 28.4 Å². The molecule has 3 heterocycles. The van der Waals surface area contributed by atoms with Gasteiger partial charge < -0.3 is 33.5 Å². The SMILES string of the molecule is COc1cc([C@]2(O)c3cc4c(cc3C3(SCCCS3)[C@@H]3COC(=O)[C@@H]32)OCO4)cc(OC)c1OC. The lowest BCUT2D eigenvalue weighted by molar-refractivity contribution is -0.148. The van der Waals surface area contributed by atoms with Gasteiger partial charge in [-0.15, -0.1) is 23.5 Å². The Kier molecular flexibility index (Phi) is 5.46. The summed E-state index contributed by atoms with van der Waals surface area (Å²) in [5, 5.41) is 12.7. The fourth-order valence-electron chi connectivity index (χ4n) is 5.78. The minimum Gasteiger partial charge on any atom is -0.493 e. The van der Waals surface area contributed by atoms with Gasteiger partial charge in [-0.2, -0.15) is 0 Å². The van der Waals surface area contributed by atoms with Crippen LogP contribution >= 0.6 is 23.5 Å². The van der Waals surface area contributed by atoms with Crippen LogP contribution < -0.4 is 23.7 Å². The summed E-state index contributed by atoms with van der Waals surface area (Å²) in [4.78, 5) is 13.4. The average Bonchev–Trinajstić information content (AvgIpc) is 3.53. The predicted molar refractivity (Wildman–Crippen MR) is 131 cm³/mol. The Labute approximate surface area is 211 Å². The standard InChI is InChI=1S/C25H26O8S2/c1-28-19-7-13(8-20(29-2)22(19)30-3)24(27)14-9-17-18(33-12-32-17)10-15(14)25(34-5-4-6-35-25)16-11-31-23(26)21(16)24/h7-10,16,21,27H,4-6,11-12H2,1-3H3/t16-,21-,24+/m1/s1. The van der Waals surface area contributed by atoms with Crippen molar-refractivity contribution in [1.29, 1.82) is 0 Å². The molecule has 1 aliphatic carbocycles. The second kappa shape index (κ2) is 8.31. The first-order chi connectivity index (χ1) is 17.0. The van der Waals surface area contributed by atoms with Crippen LogP contribution in [-0.2, 0) is 19.2 Å². The molecule has 4 aliphatic rings. The fraction of sp³-hybridized carbons (Fsp3) is 0.480. The molecule has 3 aliphatic heterocycles. The smallest absolute Gasteiger partial charge is 0.313 e. The molecule has 2 aromatic rings. The van der Waals surface area contributed by atoms with E-state index in [9.17, 15) is 9.90 Å². The molecule has 186 valence electrons. The summed E-state index contributed by atoms with van der Waals surface area (Å²) >= 11 is 3.65. The van der Waals surface area contributed by atoms with E-state index < -0.39 is 21.6 Å². The van der Waals surface area contributed by atoms with E-state index in [0.29, 0.717) is 39.9 Å². The molecule has 1 spiro atoms. The van der Waals surface area contributed by atoms with Crippen molar-refractivity contribution in [1.82, 2.24) is 0 Å². The maximum absolute atomic E-state index is 13.4. The van der Waals surface area contributed by atoms with Gasteiger partial charge in [0.15, 0.2) is 23.0 Å². The topological polar surface area (TPSA) is 92.7 Å². The molecular weight excluding hydrogens is 492 g/mol. The zero-order chi connectivity index (χ0) is 24.4. The van der Waals surface area contributed by atoms with E-state index in [1.807, 2.05) is 35.7 Å². The Morgan fingerprint density at radius 2 is 1.54 bits per heavy atom. The van der Waals surface area contributed by atoms with E-state index in [1.165, 1.54) is 21.3 Å². The van der Waals surface area contributed by atoms with Crippen molar-refractivity contribution in [3.8, 4) is 28.7 Å². The summed E-state index contributed by atoms with van der Waals surface area (Å²) in [6.45, 7) is 0.354. The summed E-state index contributed by atoms with van der Waals surface area (Å²) in [6, 6.07) is 7.21. The Bertz CT molecular complexity index is 1170. The van der Waals surface area contributed by atoms with Gasteiger partial charge in [0, 0.05) is 5.92 Å². The number of hydrogen-bond donors (Lipinski definition) is 1. The second-order valence-corrected chi connectivity index (χ2v) is 11.8. The number of ether oxygens (including phenoxy) is 6. The van der Waals surface area contributed by atoms with E-state index in [0.717, 1.165) is 23.5 Å². The largest absolute Gasteiger partial charge is 0.493 e. The molecule has 0 saturated carbocycles. The van der Waals surface area contributed by atoms with Crippen LogP contribution in [0.2, 0.25) is 0 Å². The monoisotopic (exact) mass is 518 g/mol. The molecule has 2 fully saturated rings. The Balaban J connectivity index is 1.66. The van der Waals surface area contributed by atoms with Crippen LogP contribution in [0.15, 0.2) is 24.3 Å². The predicted octanol–water partition coefficient (Wildman–Crippen LogP) is 3.50. The molecule has 0 bridgehead atoms. The summed E-state index contributed by atoms with van der Waals surface area (Å²) < 4.78 is 33.3. The quantitative estimate of drug-likeness (QED) is 0.606. The van der Waals surface area contributed by atoms with Gasteiger partial charge in [0.05, 0.1) is 32.0 Å². The number of thioether (sulfide) groups is 2. The number of aliphatic hydroxyl groups is 1. The van der Waals surface area contributed by atoms with Crippen molar-refractivity contribution in [2.45, 2.75) is 16.1 Å². The third-order valence-corrected chi connectivity index (χ3v) is 10.9. The molecule has 2 aromatic carbocycles. The van der Waals surface area contributed by atoms with Gasteiger partial charge >= 0.3 is 5.97 Å². The van der Waals surface area contributed by atoms with Gasteiger partial charge in [-0.3, -0.25) is 4.79 Å². The van der Waals surface area contributed by atoms with E-state index in [-0.39, 0.29) is 19.3 Å². The van der Waals surface area contributed by atoms with Crippen LogP contribution in [0.5, 0.6) is 28.7 Å². The van der Waals surface area contributed by atoms with Crippen molar-refractivity contribution in [3.05, 3.63) is 41.0 Å². The lowest BCUT2D eigenvalue weighted by Gasteiger charge is -2.52. The number of benzene rings is 2. The minimum atomic E-state index is -1.72. The van der Waals surface area contributed by atoms with Crippen LogP contribution in [0.4, 0.5) is 0 Å². The summed E-state index contributed by atoms with van der Waals surface area (Å²) in [5.74, 6) is 2.81. The maximum Gasteiger partial charge on any atom is 0.313 e. The van der Waals surface area contributed by atoms with Gasteiger partial charge in [0.2, 0.25) is 12.5 Å². The Morgan fingerprint density at radius 3 is 2.14 bits per heavy atom. The number of cyclic esters (lactones) is 1. The van der Waals surface area contributed by atoms with Crippen LogP contribution in [0.3, 0.4) is 0 Å². The van der Waals surface area contributed by atoms with Crippen LogP contribution in [0.1, 0.15) is 23.1 Å². The van der Waals surface area contributed by atoms with Crippen LogP contribution in [0.25, 0.3) is 0 Å². The molecule has 8 nitrogen and oxygen atoms in total. The molecule has 2 saturated heterocycles. The number of rotatable bonds is 4. The molecule has 1 N–H and O–H groups in total. The number of esters is 1. The second-order valence-electron chi connectivity index (χ2n) is 8.86. The van der Waals surface area contributed by atoms with E-state index in [2.05, 4.69) is 0 Å². The maximum atomic E-state index is 13.4. The fourth-order valence-corrected chi connectivity index (χ4v) is 9.46. The van der Waals surface area contributed by atoms with Gasteiger partial charge in [-0.05, 0) is 58.9 Å². The highest BCUT2D eigenvalue weighted by Crippen LogP contribution is 2.67. The highest BCUT2D eigenvalue weighted by atomic mass is 32.2. The van der Waals surface area contributed by atoms with Crippen molar-refractivity contribution in [3.63, 3.8) is 0 Å². The lowest BCUT2D eigenvalue weighted by atomic mass is 9.63. The van der Waals surface area contributed by atoms with Gasteiger partial charge in [0.25, 0.3) is 0 Å². The number of carbonyl (C=O) groups excluding carboxylic acids is 1. The third-order valence-electron chi connectivity index (χ3n) is 7.32. The first-order valence-corrected chi connectivity index (χ1v) is 13.4. The Morgan fingerprint density at radius 1 is 0.914 bits per heavy atom. The van der Waals surface area contributed by atoms with Crippen molar-refractivity contribution < 1.29 is 38.3 Å². The molecule has 10 heteroatoms. The summed E-state index contributed by atoms with van der Waals surface area (Å²) in [5.41, 5.74) is 0.289.